The summed E-state index contributed by atoms with van der Waals surface area (Å²) in [5.74, 6) is 0. The molecule has 0 aliphatic heterocycles. The molecule has 0 saturated heterocycles. The van der Waals surface area contributed by atoms with Gasteiger partial charge in [0.05, 0.1) is 11.3 Å². The molecule has 0 amide bonds. The molecule has 1 heterocycles. The summed E-state index contributed by atoms with van der Waals surface area (Å²) in [6, 6.07) is 26.3. The van der Waals surface area contributed by atoms with E-state index in [2.05, 4.69) is 0 Å². The van der Waals surface area contributed by atoms with Gasteiger partial charge in [0.25, 0.3) is 0 Å². The summed E-state index contributed by atoms with van der Waals surface area (Å²) in [7, 11) is 0. The molecule has 0 spiro atoms. The predicted molar refractivity (Wildman–Crippen MR) is 109 cm³/mol. The number of hydrogen-bond donors (Lipinski definition) is 0. The summed E-state index contributed by atoms with van der Waals surface area (Å²) < 4.78 is 2.63. The lowest BCUT2D eigenvalue weighted by Gasteiger charge is -2.03. The topological polar surface area (TPSA) is 43.9 Å². The van der Waals surface area contributed by atoms with E-state index in [1.54, 1.807) is 23.0 Å². The standard InChI is InChI=1S/C22H16ClN3O/c23-19-13-11-17(12-14-19)22-18(16-26(27)21-9-5-2-6-10-21)15-25(24-22)20-7-3-1-4-8-20/h1-16H/b26-16-. The van der Waals surface area contributed by atoms with Crippen LogP contribution in [0.25, 0.3) is 16.9 Å². The fraction of sp³-hybridized carbons (Fsp3) is 0. The van der Waals surface area contributed by atoms with Crippen molar-refractivity contribution in [1.82, 2.24) is 9.78 Å². The molecule has 132 valence electrons. The minimum atomic E-state index is 0.562. The van der Waals surface area contributed by atoms with Crippen LogP contribution in [-0.4, -0.2) is 20.7 Å². The molecule has 27 heavy (non-hydrogen) atoms. The van der Waals surface area contributed by atoms with Crippen LogP contribution in [0.5, 0.6) is 0 Å². The minimum absolute atomic E-state index is 0.562. The summed E-state index contributed by atoms with van der Waals surface area (Å²) in [6.45, 7) is 0. The van der Waals surface area contributed by atoms with Gasteiger partial charge >= 0.3 is 0 Å². The second kappa shape index (κ2) is 7.48. The van der Waals surface area contributed by atoms with Crippen molar-refractivity contribution in [2.75, 3.05) is 0 Å². The van der Waals surface area contributed by atoms with Crippen molar-refractivity contribution >= 4 is 23.5 Å². The third-order valence-electron chi connectivity index (χ3n) is 4.15. The first-order chi connectivity index (χ1) is 13.2. The van der Waals surface area contributed by atoms with Crippen LogP contribution in [0.3, 0.4) is 0 Å². The third kappa shape index (κ3) is 3.76. The summed E-state index contributed by atoms with van der Waals surface area (Å²) in [4.78, 5) is 0. The molecule has 0 aliphatic carbocycles. The Morgan fingerprint density at radius 1 is 0.852 bits per heavy atom. The highest BCUT2D eigenvalue weighted by atomic mass is 35.5. The van der Waals surface area contributed by atoms with Gasteiger partial charge in [0.15, 0.2) is 6.21 Å². The Bertz CT molecular complexity index is 1070. The highest BCUT2D eigenvalue weighted by Crippen LogP contribution is 2.25. The maximum atomic E-state index is 12.6. The summed E-state index contributed by atoms with van der Waals surface area (Å²) in [6.07, 6.45) is 3.40. The molecule has 4 rings (SSSR count). The first-order valence-electron chi connectivity index (χ1n) is 8.48. The molecule has 0 atom stereocenters. The average molecular weight is 374 g/mol. The lowest BCUT2D eigenvalue weighted by Crippen LogP contribution is -1.99. The van der Waals surface area contributed by atoms with Crippen molar-refractivity contribution in [2.45, 2.75) is 0 Å². The fourth-order valence-corrected chi connectivity index (χ4v) is 2.93. The Morgan fingerprint density at radius 3 is 2.15 bits per heavy atom. The summed E-state index contributed by atoms with van der Waals surface area (Å²) in [5.41, 5.74) is 3.81. The summed E-state index contributed by atoms with van der Waals surface area (Å²) >= 11 is 6.01. The maximum absolute atomic E-state index is 12.6. The zero-order valence-electron chi connectivity index (χ0n) is 14.4. The van der Waals surface area contributed by atoms with Gasteiger partial charge in [-0.2, -0.15) is 9.84 Å². The van der Waals surface area contributed by atoms with E-state index in [9.17, 15) is 5.21 Å². The lowest BCUT2D eigenvalue weighted by molar-refractivity contribution is -0.354. The molecule has 0 N–H and O–H groups in total. The molecule has 0 radical (unpaired) electrons. The van der Waals surface area contributed by atoms with Gasteiger partial charge in [-0.15, -0.1) is 0 Å². The molecule has 0 aliphatic rings. The van der Waals surface area contributed by atoms with Crippen LogP contribution in [-0.2, 0) is 0 Å². The van der Waals surface area contributed by atoms with Crippen LogP contribution in [0.4, 0.5) is 5.69 Å². The number of para-hydroxylation sites is 2. The number of hydrogen-bond acceptors (Lipinski definition) is 2. The highest BCUT2D eigenvalue weighted by Gasteiger charge is 2.14. The molecule has 0 unspecified atom stereocenters. The van der Waals surface area contributed by atoms with Gasteiger partial charge in [-0.3, -0.25) is 0 Å². The molecular formula is C22H16ClN3O. The van der Waals surface area contributed by atoms with Crippen molar-refractivity contribution in [3.05, 3.63) is 107 Å². The Hall–Kier alpha value is -3.37. The Morgan fingerprint density at radius 2 is 1.48 bits per heavy atom. The van der Waals surface area contributed by atoms with E-state index in [0.29, 0.717) is 16.4 Å². The van der Waals surface area contributed by atoms with E-state index in [1.165, 1.54) is 0 Å². The molecular weight excluding hydrogens is 358 g/mol. The van der Waals surface area contributed by atoms with Gasteiger partial charge < -0.3 is 5.21 Å². The molecule has 0 bridgehead atoms. The minimum Gasteiger partial charge on any atom is -0.618 e. The normalized spacial score (nSPS) is 11.5. The second-order valence-corrected chi connectivity index (χ2v) is 6.45. The quantitative estimate of drug-likeness (QED) is 0.206. The van der Waals surface area contributed by atoms with E-state index >= 15 is 0 Å². The molecule has 3 aromatic carbocycles. The number of halogens is 1. The van der Waals surface area contributed by atoms with Crippen LogP contribution in [0, 0.1) is 5.21 Å². The number of benzene rings is 3. The Kier molecular flexibility index (Phi) is 4.73. The van der Waals surface area contributed by atoms with E-state index in [0.717, 1.165) is 21.6 Å². The third-order valence-corrected chi connectivity index (χ3v) is 4.40. The maximum Gasteiger partial charge on any atom is 0.216 e. The van der Waals surface area contributed by atoms with Gasteiger partial charge in [0, 0.05) is 28.9 Å². The van der Waals surface area contributed by atoms with E-state index < -0.39 is 0 Å². The molecule has 4 aromatic rings. The van der Waals surface area contributed by atoms with E-state index in [4.69, 9.17) is 16.7 Å². The van der Waals surface area contributed by atoms with Crippen LogP contribution in [0.15, 0.2) is 91.1 Å². The molecule has 5 heteroatoms. The number of nitrogens with zero attached hydrogens (tertiary/aromatic N) is 3. The van der Waals surface area contributed by atoms with Gasteiger partial charge in [0.1, 0.15) is 5.69 Å². The van der Waals surface area contributed by atoms with Crippen LogP contribution < -0.4 is 0 Å². The fourth-order valence-electron chi connectivity index (χ4n) is 2.80. The van der Waals surface area contributed by atoms with Gasteiger partial charge in [-0.1, -0.05) is 60.1 Å². The molecule has 0 fully saturated rings. The molecule has 1 aromatic heterocycles. The molecule has 4 nitrogen and oxygen atoms in total. The Balaban J connectivity index is 1.83. The van der Waals surface area contributed by atoms with Crippen LogP contribution in [0.1, 0.15) is 5.56 Å². The van der Waals surface area contributed by atoms with Crippen molar-refractivity contribution in [1.29, 1.82) is 0 Å². The first kappa shape index (κ1) is 17.1. The summed E-state index contributed by atoms with van der Waals surface area (Å²) in [5, 5.41) is 18.0. The first-order valence-corrected chi connectivity index (χ1v) is 8.86. The zero-order valence-corrected chi connectivity index (χ0v) is 15.1. The van der Waals surface area contributed by atoms with E-state index in [-0.39, 0.29) is 0 Å². The van der Waals surface area contributed by atoms with Gasteiger partial charge in [-0.05, 0) is 24.3 Å². The molecule has 0 saturated carbocycles. The van der Waals surface area contributed by atoms with Gasteiger partial charge in [-0.25, -0.2) is 4.68 Å². The van der Waals surface area contributed by atoms with Crippen molar-refractivity contribution in [2.24, 2.45) is 0 Å². The van der Waals surface area contributed by atoms with Gasteiger partial charge in [0.2, 0.25) is 5.69 Å². The number of aromatic nitrogens is 2. The monoisotopic (exact) mass is 373 g/mol. The Labute approximate surface area is 162 Å². The zero-order chi connectivity index (χ0) is 18.6. The van der Waals surface area contributed by atoms with Crippen molar-refractivity contribution in [3.8, 4) is 16.9 Å². The van der Waals surface area contributed by atoms with Crippen molar-refractivity contribution < 1.29 is 4.74 Å². The van der Waals surface area contributed by atoms with Crippen molar-refractivity contribution in [3.63, 3.8) is 0 Å². The predicted octanol–water partition coefficient (Wildman–Crippen LogP) is 5.45. The second-order valence-electron chi connectivity index (χ2n) is 6.01. The highest BCUT2D eigenvalue weighted by molar-refractivity contribution is 6.30. The largest absolute Gasteiger partial charge is 0.618 e. The lowest BCUT2D eigenvalue weighted by atomic mass is 10.1. The van der Waals surface area contributed by atoms with Crippen LogP contribution in [0.2, 0.25) is 5.02 Å². The average Bonchev–Trinajstić information content (AvgIpc) is 3.13. The van der Waals surface area contributed by atoms with E-state index in [1.807, 2.05) is 79.0 Å². The SMILES string of the molecule is [O-]/[N+](=C\c1cn(-c2ccccc2)nc1-c1ccc(Cl)cc1)c1ccccc1. The smallest absolute Gasteiger partial charge is 0.216 e. The number of rotatable bonds is 4. The van der Waals surface area contributed by atoms with Crippen LogP contribution >= 0.6 is 11.6 Å².